The van der Waals surface area contributed by atoms with E-state index in [1.165, 1.54) is 18.4 Å². The molecular formula is C11H17N5. The predicted octanol–water partition coefficient (Wildman–Crippen LogP) is 1.59. The molecule has 0 bridgehead atoms. The third kappa shape index (κ3) is 3.42. The summed E-state index contributed by atoms with van der Waals surface area (Å²) >= 11 is 0. The van der Waals surface area contributed by atoms with Crippen molar-refractivity contribution in [2.45, 2.75) is 26.3 Å². The molecule has 2 aromatic rings. The van der Waals surface area contributed by atoms with Gasteiger partial charge in [0, 0.05) is 18.9 Å². The Kier molecular flexibility index (Phi) is 3.24. The quantitative estimate of drug-likeness (QED) is 0.805. The van der Waals surface area contributed by atoms with Crippen LogP contribution in [0.5, 0.6) is 0 Å². The Hall–Kier alpha value is -1.78. The van der Waals surface area contributed by atoms with Crippen LogP contribution in [0.2, 0.25) is 0 Å². The highest BCUT2D eigenvalue weighted by molar-refractivity contribution is 5.29. The van der Waals surface area contributed by atoms with Gasteiger partial charge in [0.25, 0.3) is 0 Å². The summed E-state index contributed by atoms with van der Waals surface area (Å²) in [5.74, 6) is 0.930. The molecule has 1 saturated carbocycles. The molecule has 0 saturated heterocycles. The maximum Gasteiger partial charge on any atom is 0.0717 e. The Morgan fingerprint density at radius 1 is 1.50 bits per heavy atom. The molecule has 5 nitrogen and oxygen atoms in total. The van der Waals surface area contributed by atoms with Crippen LogP contribution < -0.4 is 5.73 Å². The predicted molar refractivity (Wildman–Crippen MR) is 62.7 cm³/mol. The number of rotatable bonds is 2. The van der Waals surface area contributed by atoms with E-state index in [0.717, 1.165) is 12.5 Å². The van der Waals surface area contributed by atoms with Crippen molar-refractivity contribution in [1.29, 1.82) is 0 Å². The lowest BCUT2D eigenvalue weighted by molar-refractivity contribution is 0.563. The lowest BCUT2D eigenvalue weighted by atomic mass is 10.4. The van der Waals surface area contributed by atoms with Crippen LogP contribution in [0.1, 0.15) is 18.4 Å². The second-order valence-corrected chi connectivity index (χ2v) is 4.21. The normalized spacial score (nSPS) is 14.3. The van der Waals surface area contributed by atoms with Crippen LogP contribution in [0.4, 0.5) is 5.69 Å². The first-order chi connectivity index (χ1) is 7.74. The van der Waals surface area contributed by atoms with Gasteiger partial charge in [-0.3, -0.25) is 9.78 Å². The molecule has 3 rings (SSSR count). The Morgan fingerprint density at radius 2 is 2.31 bits per heavy atom. The number of H-pyrrole nitrogens is 1. The van der Waals surface area contributed by atoms with Gasteiger partial charge in [-0.1, -0.05) is 0 Å². The van der Waals surface area contributed by atoms with Gasteiger partial charge in [-0.2, -0.15) is 10.2 Å². The van der Waals surface area contributed by atoms with Crippen LogP contribution in [-0.4, -0.2) is 20.0 Å². The molecule has 2 heterocycles. The molecule has 2 aromatic heterocycles. The smallest absolute Gasteiger partial charge is 0.0717 e. The number of aryl methyl sites for hydroxylation is 1. The number of aromatic amines is 1. The minimum absolute atomic E-state index is 0.676. The molecule has 0 aliphatic heterocycles. The fourth-order valence-electron chi connectivity index (χ4n) is 1.39. The number of aromatic nitrogens is 4. The second kappa shape index (κ2) is 4.83. The van der Waals surface area contributed by atoms with Gasteiger partial charge in [-0.05, 0) is 31.2 Å². The fourth-order valence-corrected chi connectivity index (χ4v) is 1.39. The lowest BCUT2D eigenvalue weighted by Gasteiger charge is -1.95. The van der Waals surface area contributed by atoms with Gasteiger partial charge in [-0.15, -0.1) is 0 Å². The molecule has 5 heteroatoms. The van der Waals surface area contributed by atoms with Gasteiger partial charge in [0.2, 0.25) is 0 Å². The largest absolute Gasteiger partial charge is 0.396 e. The van der Waals surface area contributed by atoms with Crippen LogP contribution in [0.15, 0.2) is 24.8 Å². The molecule has 1 fully saturated rings. The van der Waals surface area contributed by atoms with E-state index in [4.69, 9.17) is 5.73 Å². The topological polar surface area (TPSA) is 72.5 Å². The van der Waals surface area contributed by atoms with Gasteiger partial charge in [0.15, 0.2) is 0 Å². The molecule has 0 atom stereocenters. The van der Waals surface area contributed by atoms with E-state index >= 15 is 0 Å². The monoisotopic (exact) mass is 219 g/mol. The molecule has 0 radical (unpaired) electrons. The van der Waals surface area contributed by atoms with E-state index in [2.05, 4.69) is 28.4 Å². The average Bonchev–Trinajstić information content (AvgIpc) is 2.76. The van der Waals surface area contributed by atoms with E-state index in [-0.39, 0.29) is 0 Å². The van der Waals surface area contributed by atoms with Gasteiger partial charge in [-0.25, -0.2) is 0 Å². The molecule has 1 aliphatic carbocycles. The van der Waals surface area contributed by atoms with Crippen molar-refractivity contribution in [2.75, 3.05) is 5.73 Å². The Bertz CT molecular complexity index is 413. The van der Waals surface area contributed by atoms with Crippen LogP contribution in [-0.2, 0) is 6.54 Å². The molecule has 0 amide bonds. The zero-order valence-corrected chi connectivity index (χ0v) is 9.43. The molecule has 0 spiro atoms. The van der Waals surface area contributed by atoms with Crippen molar-refractivity contribution in [3.8, 4) is 0 Å². The fraction of sp³-hybridized carbons (Fsp3) is 0.455. The first kappa shape index (κ1) is 10.7. The minimum Gasteiger partial charge on any atom is -0.396 e. The summed E-state index contributed by atoms with van der Waals surface area (Å²) in [5, 5.41) is 10.3. The van der Waals surface area contributed by atoms with Crippen LogP contribution >= 0.6 is 0 Å². The number of hydrogen-bond donors (Lipinski definition) is 2. The van der Waals surface area contributed by atoms with Crippen molar-refractivity contribution in [2.24, 2.45) is 5.92 Å². The molecule has 0 unspecified atom stereocenters. The Morgan fingerprint density at radius 3 is 2.69 bits per heavy atom. The number of anilines is 1. The maximum atomic E-state index is 5.18. The average molecular weight is 219 g/mol. The summed E-state index contributed by atoms with van der Waals surface area (Å²) in [7, 11) is 0. The Labute approximate surface area is 94.7 Å². The van der Waals surface area contributed by atoms with Gasteiger partial charge in [0.1, 0.15) is 0 Å². The lowest BCUT2D eigenvalue weighted by Crippen LogP contribution is -1.98. The number of nitrogen functional groups attached to an aromatic ring is 1. The summed E-state index contributed by atoms with van der Waals surface area (Å²) in [6.45, 7) is 3.21. The molecule has 3 N–H and O–H groups in total. The van der Waals surface area contributed by atoms with Crippen molar-refractivity contribution >= 4 is 5.69 Å². The first-order valence-corrected chi connectivity index (χ1v) is 5.47. The third-order valence-corrected chi connectivity index (χ3v) is 2.42. The summed E-state index contributed by atoms with van der Waals surface area (Å²) in [4.78, 5) is 0. The molecule has 16 heavy (non-hydrogen) atoms. The van der Waals surface area contributed by atoms with Crippen molar-refractivity contribution < 1.29 is 0 Å². The number of nitrogens with two attached hydrogens (primary N) is 1. The summed E-state index contributed by atoms with van der Waals surface area (Å²) in [5.41, 5.74) is 7.12. The summed E-state index contributed by atoms with van der Waals surface area (Å²) < 4.78 is 2.05. The van der Waals surface area contributed by atoms with Crippen molar-refractivity contribution in [1.82, 2.24) is 20.0 Å². The molecule has 0 aromatic carbocycles. The highest BCUT2D eigenvalue weighted by Gasteiger charge is 2.21. The maximum absolute atomic E-state index is 5.18. The first-order valence-electron chi connectivity index (χ1n) is 5.47. The van der Waals surface area contributed by atoms with Gasteiger partial charge >= 0.3 is 0 Å². The van der Waals surface area contributed by atoms with E-state index < -0.39 is 0 Å². The highest BCUT2D eigenvalue weighted by Crippen LogP contribution is 2.30. The van der Waals surface area contributed by atoms with Gasteiger partial charge < -0.3 is 5.73 Å². The summed E-state index contributed by atoms with van der Waals surface area (Å²) in [6.07, 6.45) is 10.0. The summed E-state index contributed by atoms with van der Waals surface area (Å²) in [6, 6.07) is 0. The number of hydrogen-bond acceptors (Lipinski definition) is 3. The van der Waals surface area contributed by atoms with E-state index in [9.17, 15) is 0 Å². The third-order valence-electron chi connectivity index (χ3n) is 2.42. The van der Waals surface area contributed by atoms with Crippen LogP contribution in [0.3, 0.4) is 0 Å². The van der Waals surface area contributed by atoms with E-state index in [1.54, 1.807) is 12.4 Å². The van der Waals surface area contributed by atoms with E-state index in [0.29, 0.717) is 5.69 Å². The molecular weight excluding hydrogens is 202 g/mol. The zero-order valence-electron chi connectivity index (χ0n) is 9.43. The molecule has 86 valence electrons. The number of nitrogens with one attached hydrogen (secondary N) is 1. The van der Waals surface area contributed by atoms with Crippen LogP contribution in [0, 0.1) is 12.8 Å². The van der Waals surface area contributed by atoms with E-state index in [1.807, 2.05) is 10.9 Å². The second-order valence-electron chi connectivity index (χ2n) is 4.21. The SMILES string of the molecule is Cc1cnn(CC2CC2)c1.Nc1cn[nH]c1. The Balaban J connectivity index is 0.000000138. The number of nitrogens with zero attached hydrogens (tertiary/aromatic N) is 3. The van der Waals surface area contributed by atoms with Gasteiger partial charge in [0.05, 0.1) is 18.1 Å². The van der Waals surface area contributed by atoms with Crippen molar-refractivity contribution in [3.05, 3.63) is 30.4 Å². The molecule has 1 aliphatic rings. The standard InChI is InChI=1S/C8H12N2.C3H5N3/c1-7-4-9-10(5-7)6-8-2-3-8;4-3-1-5-6-2-3/h4-5,8H,2-3,6H2,1H3;1-2H,4H2,(H,5,6). The zero-order chi connectivity index (χ0) is 11.4. The minimum atomic E-state index is 0.676. The van der Waals surface area contributed by atoms with Crippen molar-refractivity contribution in [3.63, 3.8) is 0 Å². The highest BCUT2D eigenvalue weighted by atomic mass is 15.3. The van der Waals surface area contributed by atoms with Crippen LogP contribution in [0.25, 0.3) is 0 Å².